The van der Waals surface area contributed by atoms with Crippen LogP contribution in [0, 0.1) is 29.1 Å². The Bertz CT molecular complexity index is 1080. The third-order valence-corrected chi connectivity index (χ3v) is 11.2. The standard InChI is InChI=1S/C41H70N4/c1-11-31(3)15-16-32(4)40(42-8)43-28-36-17-20-38(21-18-36)39-22-19-35(12-2)27-37(26-33(39)5)14-13-25-45(10)34(6)29-44(9)30-41(7)23-24-41/h17-22,27,31-34,37,39H,11-16,23-26,28-30H2,1-10H3,(H,42,43). The lowest BCUT2D eigenvalue weighted by Gasteiger charge is -2.31. The van der Waals surface area contributed by atoms with Gasteiger partial charge < -0.3 is 15.1 Å². The van der Waals surface area contributed by atoms with Crippen LogP contribution in [0.2, 0.25) is 0 Å². The molecule has 45 heavy (non-hydrogen) atoms. The Hall–Kier alpha value is -1.91. The molecule has 1 aromatic rings. The van der Waals surface area contributed by atoms with Crippen molar-refractivity contribution in [1.82, 2.24) is 15.1 Å². The van der Waals surface area contributed by atoms with Gasteiger partial charge in [0.1, 0.15) is 0 Å². The Kier molecular flexibility index (Phi) is 15.4. The van der Waals surface area contributed by atoms with E-state index in [1.807, 2.05) is 7.05 Å². The van der Waals surface area contributed by atoms with E-state index in [9.17, 15) is 0 Å². The zero-order chi connectivity index (χ0) is 33.0. The second-order valence-corrected chi connectivity index (χ2v) is 15.6. The zero-order valence-corrected chi connectivity index (χ0v) is 31.0. The predicted molar refractivity (Wildman–Crippen MR) is 198 cm³/mol. The van der Waals surface area contributed by atoms with Crippen molar-refractivity contribution in [2.45, 2.75) is 125 Å². The molecule has 1 N–H and O–H groups in total. The van der Waals surface area contributed by atoms with Crippen LogP contribution in [0.25, 0.3) is 0 Å². The average molecular weight is 619 g/mol. The third-order valence-electron chi connectivity index (χ3n) is 11.2. The van der Waals surface area contributed by atoms with Gasteiger partial charge in [-0.2, -0.15) is 0 Å². The zero-order valence-electron chi connectivity index (χ0n) is 31.0. The second-order valence-electron chi connectivity index (χ2n) is 15.6. The van der Waals surface area contributed by atoms with E-state index in [0.29, 0.717) is 35.1 Å². The van der Waals surface area contributed by atoms with Crippen molar-refractivity contribution in [3.63, 3.8) is 0 Å². The molecule has 0 aromatic heterocycles. The molecule has 6 unspecified atom stereocenters. The summed E-state index contributed by atoms with van der Waals surface area (Å²) in [7, 11) is 6.56. The first-order valence-corrected chi connectivity index (χ1v) is 18.5. The molecule has 6 atom stereocenters. The molecule has 0 saturated heterocycles. The largest absolute Gasteiger partial charge is 0.370 e. The molecular weight excluding hydrogens is 548 g/mol. The lowest BCUT2D eigenvalue weighted by molar-refractivity contribution is 0.173. The average Bonchev–Trinajstić information content (AvgIpc) is 3.74. The van der Waals surface area contributed by atoms with Crippen LogP contribution in [0.15, 0.2) is 53.1 Å². The molecule has 254 valence electrons. The summed E-state index contributed by atoms with van der Waals surface area (Å²) in [6.07, 6.45) is 19.0. The Balaban J connectivity index is 1.52. The highest BCUT2D eigenvalue weighted by Crippen LogP contribution is 2.45. The number of benzene rings is 1. The van der Waals surface area contributed by atoms with Crippen molar-refractivity contribution in [3.8, 4) is 0 Å². The molecule has 4 heteroatoms. The first-order valence-electron chi connectivity index (χ1n) is 18.5. The Morgan fingerprint density at radius 1 is 1.07 bits per heavy atom. The van der Waals surface area contributed by atoms with Gasteiger partial charge in [0.05, 0.1) is 5.84 Å². The predicted octanol–water partition coefficient (Wildman–Crippen LogP) is 9.73. The maximum absolute atomic E-state index is 4.60. The fourth-order valence-electron chi connectivity index (χ4n) is 7.24. The molecule has 0 aliphatic heterocycles. The number of nitrogens with zero attached hydrogens (tertiary/aromatic N) is 3. The van der Waals surface area contributed by atoms with Gasteiger partial charge in [0, 0.05) is 44.6 Å². The van der Waals surface area contributed by atoms with E-state index >= 15 is 0 Å². The first-order chi connectivity index (χ1) is 21.5. The summed E-state index contributed by atoms with van der Waals surface area (Å²) in [6, 6.07) is 10.00. The van der Waals surface area contributed by atoms with E-state index in [1.165, 1.54) is 87.7 Å². The van der Waals surface area contributed by atoms with Crippen LogP contribution in [0.5, 0.6) is 0 Å². The summed E-state index contributed by atoms with van der Waals surface area (Å²) in [5, 5.41) is 3.65. The van der Waals surface area contributed by atoms with Crippen molar-refractivity contribution in [2.75, 3.05) is 40.8 Å². The minimum atomic E-state index is 0.463. The van der Waals surface area contributed by atoms with E-state index in [-0.39, 0.29) is 0 Å². The van der Waals surface area contributed by atoms with Crippen LogP contribution in [0.3, 0.4) is 0 Å². The summed E-state index contributed by atoms with van der Waals surface area (Å²) in [5.41, 5.74) is 4.87. The van der Waals surface area contributed by atoms with Crippen LogP contribution < -0.4 is 5.32 Å². The van der Waals surface area contributed by atoms with Gasteiger partial charge in [0.2, 0.25) is 0 Å². The van der Waals surface area contributed by atoms with Crippen LogP contribution >= 0.6 is 0 Å². The van der Waals surface area contributed by atoms with Crippen LogP contribution in [0.1, 0.15) is 123 Å². The number of likely N-dealkylation sites (N-methyl/N-ethyl adjacent to an activating group) is 2. The van der Waals surface area contributed by atoms with Gasteiger partial charge in [-0.15, -0.1) is 0 Å². The van der Waals surface area contributed by atoms with Gasteiger partial charge in [0.15, 0.2) is 0 Å². The fraction of sp³-hybridized carbons (Fsp3) is 0.732. The van der Waals surface area contributed by atoms with E-state index in [2.05, 4.69) is 125 Å². The lowest BCUT2D eigenvalue weighted by atomic mass is 9.77. The normalized spacial score (nSPS) is 23.8. The summed E-state index contributed by atoms with van der Waals surface area (Å²) in [5.74, 6) is 4.13. The monoisotopic (exact) mass is 619 g/mol. The SMILES string of the molecule is CCC1=CC(CCCN(C)C(C)CN(C)CC2(C)CC2)CC(C)C(c2ccc(CNC(=NC)C(C)CCC(C)CC)cc2)C=C1. The number of nitrogens with one attached hydrogen (secondary N) is 1. The second kappa shape index (κ2) is 18.4. The fourth-order valence-corrected chi connectivity index (χ4v) is 7.24. The summed E-state index contributed by atoms with van der Waals surface area (Å²) < 4.78 is 0. The van der Waals surface area contributed by atoms with Crippen molar-refractivity contribution in [3.05, 3.63) is 59.2 Å². The number of hydrogen-bond donors (Lipinski definition) is 1. The molecule has 1 saturated carbocycles. The maximum Gasteiger partial charge on any atom is 0.0990 e. The molecule has 4 nitrogen and oxygen atoms in total. The molecule has 1 aromatic carbocycles. The highest BCUT2D eigenvalue weighted by Gasteiger charge is 2.38. The number of rotatable bonds is 18. The summed E-state index contributed by atoms with van der Waals surface area (Å²) in [4.78, 5) is 9.75. The smallest absolute Gasteiger partial charge is 0.0990 e. The van der Waals surface area contributed by atoms with E-state index in [4.69, 9.17) is 0 Å². The van der Waals surface area contributed by atoms with E-state index in [0.717, 1.165) is 24.7 Å². The highest BCUT2D eigenvalue weighted by molar-refractivity contribution is 5.84. The highest BCUT2D eigenvalue weighted by atomic mass is 15.2. The van der Waals surface area contributed by atoms with Gasteiger partial charge in [-0.25, -0.2) is 0 Å². The molecule has 0 amide bonds. The van der Waals surface area contributed by atoms with Gasteiger partial charge >= 0.3 is 0 Å². The molecule has 3 rings (SSSR count). The topological polar surface area (TPSA) is 30.9 Å². The third kappa shape index (κ3) is 12.7. The van der Waals surface area contributed by atoms with Crippen molar-refractivity contribution in [1.29, 1.82) is 0 Å². The van der Waals surface area contributed by atoms with Gasteiger partial charge in [-0.3, -0.25) is 4.99 Å². The minimum Gasteiger partial charge on any atom is -0.370 e. The first kappa shape index (κ1) is 37.5. The molecule has 0 radical (unpaired) electrons. The van der Waals surface area contributed by atoms with Crippen LogP contribution in [0.4, 0.5) is 0 Å². The van der Waals surface area contributed by atoms with Gasteiger partial charge in [-0.1, -0.05) is 102 Å². The van der Waals surface area contributed by atoms with E-state index < -0.39 is 0 Å². The minimum absolute atomic E-state index is 0.463. The lowest BCUT2D eigenvalue weighted by Crippen LogP contribution is -2.40. The molecular formula is C41H70N4. The molecule has 0 bridgehead atoms. The molecule has 2 aliphatic rings. The molecule has 1 fully saturated rings. The number of amidine groups is 1. The van der Waals surface area contributed by atoms with E-state index in [1.54, 1.807) is 0 Å². The molecule has 0 spiro atoms. The maximum atomic E-state index is 4.60. The number of hydrogen-bond acceptors (Lipinski definition) is 3. The number of aliphatic imine (C=N–C) groups is 1. The Morgan fingerprint density at radius 2 is 1.78 bits per heavy atom. The number of allylic oxidation sites excluding steroid dienone is 4. The molecule has 2 aliphatic carbocycles. The Morgan fingerprint density at radius 3 is 2.40 bits per heavy atom. The van der Waals surface area contributed by atoms with Crippen molar-refractivity contribution in [2.24, 2.45) is 34.1 Å². The Labute approximate surface area is 279 Å². The quantitative estimate of drug-likeness (QED) is 0.131. The van der Waals surface area contributed by atoms with Crippen LogP contribution in [-0.2, 0) is 6.54 Å². The van der Waals surface area contributed by atoms with Gasteiger partial charge in [0.25, 0.3) is 0 Å². The van der Waals surface area contributed by atoms with Crippen molar-refractivity contribution < 1.29 is 0 Å². The van der Waals surface area contributed by atoms with Crippen molar-refractivity contribution >= 4 is 5.84 Å². The van der Waals surface area contributed by atoms with Crippen LogP contribution in [-0.4, -0.2) is 62.5 Å². The summed E-state index contributed by atoms with van der Waals surface area (Å²) in [6.45, 7) is 21.0. The van der Waals surface area contributed by atoms with Gasteiger partial charge in [-0.05, 0) is 107 Å². The molecule has 0 heterocycles. The summed E-state index contributed by atoms with van der Waals surface area (Å²) >= 11 is 0.